The normalized spacial score (nSPS) is 20.3. The largest absolute Gasteiger partial charge is 0.471 e. The summed E-state index contributed by atoms with van der Waals surface area (Å²) in [6.07, 6.45) is 1.31. The van der Waals surface area contributed by atoms with Gasteiger partial charge in [0.1, 0.15) is 12.0 Å². The molecule has 34 heavy (non-hydrogen) atoms. The molecule has 3 aromatic rings. The summed E-state index contributed by atoms with van der Waals surface area (Å²) in [4.78, 5) is 38.8. The van der Waals surface area contributed by atoms with Crippen LogP contribution in [-0.4, -0.2) is 48.9 Å². The van der Waals surface area contributed by atoms with E-state index >= 15 is 0 Å². The molecule has 1 aliphatic carbocycles. The van der Waals surface area contributed by atoms with Gasteiger partial charge < -0.3 is 14.7 Å². The van der Waals surface area contributed by atoms with Crippen molar-refractivity contribution in [2.45, 2.75) is 50.5 Å². The van der Waals surface area contributed by atoms with Crippen LogP contribution >= 0.6 is 0 Å². The first-order valence-electron chi connectivity index (χ1n) is 10.7. The Labute approximate surface area is 191 Å². The molecule has 176 valence electrons. The second-order valence-electron chi connectivity index (χ2n) is 8.25. The van der Waals surface area contributed by atoms with Crippen LogP contribution in [0.25, 0.3) is 11.4 Å². The summed E-state index contributed by atoms with van der Waals surface area (Å²) in [5.74, 6) is -2.26. The van der Waals surface area contributed by atoms with E-state index in [9.17, 15) is 22.8 Å². The number of rotatable bonds is 4. The van der Waals surface area contributed by atoms with Gasteiger partial charge in [0.2, 0.25) is 5.82 Å². The van der Waals surface area contributed by atoms with Crippen molar-refractivity contribution in [2.75, 3.05) is 0 Å². The minimum absolute atomic E-state index is 0.218. The molecule has 1 aliphatic heterocycles. The number of nitrogens with zero attached hydrogens (tertiary/aromatic N) is 5. The molecule has 3 heterocycles. The molecular formula is C22H19F3N6O3. The van der Waals surface area contributed by atoms with Gasteiger partial charge in [0.25, 0.3) is 11.8 Å². The van der Waals surface area contributed by atoms with Crippen LogP contribution in [0.4, 0.5) is 13.2 Å². The summed E-state index contributed by atoms with van der Waals surface area (Å²) in [6.45, 7) is 0.346. The predicted octanol–water partition coefficient (Wildman–Crippen LogP) is 3.24. The zero-order chi connectivity index (χ0) is 23.9. The van der Waals surface area contributed by atoms with Crippen molar-refractivity contribution in [1.82, 2.24) is 30.3 Å². The van der Waals surface area contributed by atoms with Gasteiger partial charge in [-0.2, -0.15) is 18.2 Å². The van der Waals surface area contributed by atoms with Gasteiger partial charge in [0.05, 0.1) is 6.04 Å². The summed E-state index contributed by atoms with van der Waals surface area (Å²) in [5, 5.41) is 6.40. The lowest BCUT2D eigenvalue weighted by Gasteiger charge is -2.38. The van der Waals surface area contributed by atoms with Gasteiger partial charge in [-0.1, -0.05) is 30.1 Å². The lowest BCUT2D eigenvalue weighted by atomic mass is 9.89. The van der Waals surface area contributed by atoms with Crippen LogP contribution in [0.2, 0.25) is 0 Å². The van der Waals surface area contributed by atoms with E-state index in [0.717, 1.165) is 31.2 Å². The predicted molar refractivity (Wildman–Crippen MR) is 110 cm³/mol. The number of hydrogen-bond acceptors (Lipinski definition) is 7. The number of carbonyl (C=O) groups is 2. The number of carbonyl (C=O) groups excluding carboxylic acids is 2. The number of alkyl halides is 3. The molecule has 0 bridgehead atoms. The number of aromatic nitrogens is 4. The number of benzene rings is 1. The first-order chi connectivity index (χ1) is 16.3. The Bertz CT molecular complexity index is 1230. The number of nitrogens with one attached hydrogen (secondary N) is 1. The summed E-state index contributed by atoms with van der Waals surface area (Å²) in [5.41, 5.74) is 1.63. The highest BCUT2D eigenvalue weighted by atomic mass is 19.4. The molecule has 0 radical (unpaired) electrons. The number of fused-ring (bicyclic) bond motifs is 1. The smallest absolute Gasteiger partial charge is 0.346 e. The third-order valence-corrected chi connectivity index (χ3v) is 6.13. The van der Waals surface area contributed by atoms with Gasteiger partial charge in [-0.15, -0.1) is 0 Å². The highest BCUT2D eigenvalue weighted by molar-refractivity contribution is 5.99. The first kappa shape index (κ1) is 22.0. The van der Waals surface area contributed by atoms with E-state index in [1.807, 2.05) is 0 Å². The molecule has 1 saturated carbocycles. The zero-order valence-electron chi connectivity index (χ0n) is 17.7. The lowest BCUT2D eigenvalue weighted by molar-refractivity contribution is -0.159. The van der Waals surface area contributed by atoms with Crippen molar-refractivity contribution in [3.8, 4) is 11.4 Å². The third kappa shape index (κ3) is 4.11. The van der Waals surface area contributed by atoms with Crippen LogP contribution in [0.1, 0.15) is 58.0 Å². The van der Waals surface area contributed by atoms with Crippen LogP contribution in [0.5, 0.6) is 0 Å². The molecular weight excluding hydrogens is 453 g/mol. The van der Waals surface area contributed by atoms with Crippen molar-refractivity contribution in [2.24, 2.45) is 0 Å². The number of hydrogen-bond donors (Lipinski definition) is 1. The van der Waals surface area contributed by atoms with Gasteiger partial charge in [0, 0.05) is 29.9 Å². The molecule has 1 N–H and O–H groups in total. The molecule has 0 saturated heterocycles. The Hall–Kier alpha value is -3.83. The van der Waals surface area contributed by atoms with E-state index in [-0.39, 0.29) is 41.0 Å². The molecule has 5 rings (SSSR count). The van der Waals surface area contributed by atoms with Crippen LogP contribution < -0.4 is 5.32 Å². The summed E-state index contributed by atoms with van der Waals surface area (Å²) in [6, 6.07) is 5.79. The highest BCUT2D eigenvalue weighted by Gasteiger charge is 2.40. The molecule has 1 aromatic carbocycles. The van der Waals surface area contributed by atoms with Crippen molar-refractivity contribution in [1.29, 1.82) is 0 Å². The second kappa shape index (κ2) is 8.50. The standard InChI is InChI=1S/C22H19F3N6O3/c23-22(24,25)21-29-18(30-34-21)12-5-6-13-10-31(20(33)14(13)9-12)17-4-2-1-3-15(17)28-19(32)16-7-8-26-11-27-16/h5-9,11,15,17H,1-4,10H2,(H,28,32)/t15-,17-/m1/s1. The average Bonchev–Trinajstić information content (AvgIpc) is 3.45. The molecule has 2 aromatic heterocycles. The van der Waals surface area contributed by atoms with E-state index in [2.05, 4.69) is 29.9 Å². The molecule has 0 spiro atoms. The van der Waals surface area contributed by atoms with Gasteiger partial charge in [-0.3, -0.25) is 9.59 Å². The van der Waals surface area contributed by atoms with Crippen LogP contribution in [0.3, 0.4) is 0 Å². The average molecular weight is 472 g/mol. The topological polar surface area (TPSA) is 114 Å². The maximum atomic E-state index is 13.3. The molecule has 2 aliphatic rings. The van der Waals surface area contributed by atoms with Crippen molar-refractivity contribution in [3.63, 3.8) is 0 Å². The number of halogens is 3. The van der Waals surface area contributed by atoms with Crippen molar-refractivity contribution < 1.29 is 27.3 Å². The molecule has 2 atom stereocenters. The molecule has 9 nitrogen and oxygen atoms in total. The quantitative estimate of drug-likeness (QED) is 0.620. The van der Waals surface area contributed by atoms with Crippen molar-refractivity contribution in [3.05, 3.63) is 59.5 Å². The Morgan fingerprint density at radius 3 is 2.74 bits per heavy atom. The van der Waals surface area contributed by atoms with E-state index in [1.54, 1.807) is 17.0 Å². The van der Waals surface area contributed by atoms with E-state index in [4.69, 9.17) is 0 Å². The van der Waals surface area contributed by atoms with Crippen LogP contribution in [0.15, 0.2) is 41.3 Å². The fraction of sp³-hybridized carbons (Fsp3) is 0.364. The summed E-state index contributed by atoms with van der Waals surface area (Å²) >= 11 is 0. The van der Waals surface area contributed by atoms with Gasteiger partial charge in [-0.25, -0.2) is 9.97 Å². The lowest BCUT2D eigenvalue weighted by Crippen LogP contribution is -2.53. The third-order valence-electron chi connectivity index (χ3n) is 6.13. The molecule has 2 amide bonds. The van der Waals surface area contributed by atoms with Crippen LogP contribution in [-0.2, 0) is 12.7 Å². The minimum atomic E-state index is -4.75. The van der Waals surface area contributed by atoms with Gasteiger partial charge >= 0.3 is 12.1 Å². The fourth-order valence-corrected chi connectivity index (χ4v) is 4.51. The maximum Gasteiger partial charge on any atom is 0.471 e. The minimum Gasteiger partial charge on any atom is -0.346 e. The van der Waals surface area contributed by atoms with Crippen molar-refractivity contribution >= 4 is 11.8 Å². The Kier molecular flexibility index (Phi) is 5.50. The molecule has 12 heteroatoms. The van der Waals surface area contributed by atoms with Gasteiger partial charge in [0.15, 0.2) is 0 Å². The zero-order valence-corrected chi connectivity index (χ0v) is 17.7. The van der Waals surface area contributed by atoms with Gasteiger partial charge in [-0.05, 0) is 30.5 Å². The van der Waals surface area contributed by atoms with E-state index < -0.39 is 12.1 Å². The monoisotopic (exact) mass is 472 g/mol. The SMILES string of the molecule is O=C(N[C@@H]1CCCC[C@H]1N1Cc2ccc(-c3noc(C(F)(F)F)n3)cc2C1=O)c1ccncn1. The second-order valence-corrected chi connectivity index (χ2v) is 8.25. The van der Waals surface area contributed by atoms with Crippen LogP contribution in [0, 0.1) is 0 Å². The van der Waals surface area contributed by atoms with E-state index in [1.165, 1.54) is 24.7 Å². The fourth-order valence-electron chi connectivity index (χ4n) is 4.51. The summed E-state index contributed by atoms with van der Waals surface area (Å²) in [7, 11) is 0. The maximum absolute atomic E-state index is 13.3. The first-order valence-corrected chi connectivity index (χ1v) is 10.7. The molecule has 0 unspecified atom stereocenters. The number of amides is 2. The Balaban J connectivity index is 1.36. The Morgan fingerprint density at radius 2 is 2.00 bits per heavy atom. The van der Waals surface area contributed by atoms with E-state index in [0.29, 0.717) is 12.1 Å². The highest BCUT2D eigenvalue weighted by Crippen LogP contribution is 2.34. The molecule has 1 fully saturated rings. The summed E-state index contributed by atoms with van der Waals surface area (Å²) < 4.78 is 42.7. The Morgan fingerprint density at radius 1 is 1.18 bits per heavy atom.